The molecule has 2 nitrogen and oxygen atoms in total. The fraction of sp³-hybridized carbons (Fsp3) is 1.00. The van der Waals surface area contributed by atoms with E-state index in [0.29, 0.717) is 0 Å². The Kier molecular flexibility index (Phi) is 3.68. The molecular formula is C13H26N2. The van der Waals surface area contributed by atoms with Crippen molar-refractivity contribution < 1.29 is 0 Å². The maximum Gasteiger partial charge on any atom is 0.0125 e. The minimum Gasteiger partial charge on any atom is -0.301 e. The molecule has 0 N–H and O–H groups in total. The summed E-state index contributed by atoms with van der Waals surface area (Å²) in [5.41, 5.74) is 0. The quantitative estimate of drug-likeness (QED) is 0.703. The Morgan fingerprint density at radius 2 is 1.73 bits per heavy atom. The van der Waals surface area contributed by atoms with Crippen molar-refractivity contribution in [2.75, 3.05) is 20.1 Å². The summed E-state index contributed by atoms with van der Waals surface area (Å²) in [5.74, 6) is 0. The van der Waals surface area contributed by atoms with Gasteiger partial charge in [0.25, 0.3) is 0 Å². The molecule has 2 atom stereocenters. The Morgan fingerprint density at radius 3 is 2.20 bits per heavy atom. The van der Waals surface area contributed by atoms with Crippen LogP contribution >= 0.6 is 0 Å². The standard InChI is InChI=1S/C13H26N2/c1-4-8-15(5-2)13-9-11-6-7-12(10-13)14(11)3/h11-13H,4-10H2,1-3H3. The molecule has 2 aliphatic heterocycles. The topological polar surface area (TPSA) is 6.48 Å². The van der Waals surface area contributed by atoms with E-state index in [1.807, 2.05) is 0 Å². The largest absolute Gasteiger partial charge is 0.301 e. The Bertz CT molecular complexity index is 191. The monoisotopic (exact) mass is 210 g/mol. The second-order valence-electron chi connectivity index (χ2n) is 5.30. The van der Waals surface area contributed by atoms with Crippen LogP contribution in [-0.4, -0.2) is 48.1 Å². The average Bonchev–Trinajstić information content (AvgIpc) is 2.50. The summed E-state index contributed by atoms with van der Waals surface area (Å²) in [6, 6.07) is 2.66. The van der Waals surface area contributed by atoms with Gasteiger partial charge in [-0.3, -0.25) is 0 Å². The van der Waals surface area contributed by atoms with Crippen molar-refractivity contribution in [2.45, 2.75) is 64.1 Å². The van der Waals surface area contributed by atoms with E-state index in [2.05, 4.69) is 30.7 Å². The van der Waals surface area contributed by atoms with Crippen LogP contribution in [0.1, 0.15) is 46.0 Å². The molecule has 0 saturated carbocycles. The second kappa shape index (κ2) is 4.84. The zero-order valence-electron chi connectivity index (χ0n) is 10.6. The van der Waals surface area contributed by atoms with E-state index in [1.165, 1.54) is 45.2 Å². The van der Waals surface area contributed by atoms with E-state index in [4.69, 9.17) is 0 Å². The predicted octanol–water partition coefficient (Wildman–Crippen LogP) is 2.34. The molecule has 15 heavy (non-hydrogen) atoms. The Morgan fingerprint density at radius 1 is 1.13 bits per heavy atom. The van der Waals surface area contributed by atoms with Crippen LogP contribution in [-0.2, 0) is 0 Å². The summed E-state index contributed by atoms with van der Waals surface area (Å²) in [7, 11) is 2.33. The molecule has 0 aliphatic carbocycles. The maximum atomic E-state index is 2.71. The predicted molar refractivity (Wildman–Crippen MR) is 65.1 cm³/mol. The lowest BCUT2D eigenvalue weighted by atomic mass is 9.96. The van der Waals surface area contributed by atoms with Crippen LogP contribution in [0.15, 0.2) is 0 Å². The highest BCUT2D eigenvalue weighted by molar-refractivity contribution is 4.96. The molecule has 2 bridgehead atoms. The highest BCUT2D eigenvalue weighted by Crippen LogP contribution is 2.36. The van der Waals surface area contributed by atoms with Crippen molar-refractivity contribution in [1.29, 1.82) is 0 Å². The molecule has 0 aromatic rings. The zero-order chi connectivity index (χ0) is 10.8. The van der Waals surface area contributed by atoms with Crippen LogP contribution in [0.2, 0.25) is 0 Å². The molecular weight excluding hydrogens is 184 g/mol. The van der Waals surface area contributed by atoms with Gasteiger partial charge in [0.1, 0.15) is 0 Å². The first-order valence-electron chi connectivity index (χ1n) is 6.72. The van der Waals surface area contributed by atoms with Gasteiger partial charge in [-0.2, -0.15) is 0 Å². The van der Waals surface area contributed by atoms with Crippen molar-refractivity contribution in [2.24, 2.45) is 0 Å². The van der Waals surface area contributed by atoms with Gasteiger partial charge in [0, 0.05) is 18.1 Å². The van der Waals surface area contributed by atoms with E-state index in [-0.39, 0.29) is 0 Å². The van der Waals surface area contributed by atoms with Crippen LogP contribution < -0.4 is 0 Å². The summed E-state index contributed by atoms with van der Waals surface area (Å²) in [4.78, 5) is 5.34. The fourth-order valence-electron chi connectivity index (χ4n) is 3.57. The van der Waals surface area contributed by atoms with Gasteiger partial charge in [0.05, 0.1) is 0 Å². The Hall–Kier alpha value is -0.0800. The maximum absolute atomic E-state index is 2.71. The van der Waals surface area contributed by atoms with Crippen molar-refractivity contribution in [3.05, 3.63) is 0 Å². The van der Waals surface area contributed by atoms with Crippen LogP contribution in [0.5, 0.6) is 0 Å². The van der Waals surface area contributed by atoms with Crippen molar-refractivity contribution in [3.63, 3.8) is 0 Å². The van der Waals surface area contributed by atoms with E-state index >= 15 is 0 Å². The number of nitrogens with zero attached hydrogens (tertiary/aromatic N) is 2. The molecule has 2 rings (SSSR count). The smallest absolute Gasteiger partial charge is 0.0125 e. The van der Waals surface area contributed by atoms with E-state index in [1.54, 1.807) is 0 Å². The molecule has 2 saturated heterocycles. The van der Waals surface area contributed by atoms with Crippen LogP contribution in [0, 0.1) is 0 Å². The molecule has 0 amide bonds. The zero-order valence-corrected chi connectivity index (χ0v) is 10.6. The van der Waals surface area contributed by atoms with Gasteiger partial charge >= 0.3 is 0 Å². The number of hydrogen-bond donors (Lipinski definition) is 0. The first kappa shape index (κ1) is 11.4. The highest BCUT2D eigenvalue weighted by Gasteiger charge is 2.39. The molecule has 0 radical (unpaired) electrons. The van der Waals surface area contributed by atoms with Gasteiger partial charge in [0.15, 0.2) is 0 Å². The minimum atomic E-state index is 0.878. The summed E-state index contributed by atoms with van der Waals surface area (Å²) >= 11 is 0. The van der Waals surface area contributed by atoms with E-state index in [9.17, 15) is 0 Å². The lowest BCUT2D eigenvalue weighted by Gasteiger charge is -2.41. The normalized spacial score (nSPS) is 36.4. The van der Waals surface area contributed by atoms with Crippen molar-refractivity contribution in [1.82, 2.24) is 9.80 Å². The van der Waals surface area contributed by atoms with E-state index in [0.717, 1.165) is 18.1 Å². The van der Waals surface area contributed by atoms with Gasteiger partial charge in [-0.05, 0) is 52.2 Å². The summed E-state index contributed by atoms with van der Waals surface area (Å²) < 4.78 is 0. The minimum absolute atomic E-state index is 0.878. The molecule has 2 aliphatic rings. The first-order chi connectivity index (χ1) is 7.26. The van der Waals surface area contributed by atoms with Gasteiger partial charge in [-0.15, -0.1) is 0 Å². The van der Waals surface area contributed by atoms with Crippen LogP contribution in [0.4, 0.5) is 0 Å². The van der Waals surface area contributed by atoms with Crippen LogP contribution in [0.25, 0.3) is 0 Å². The molecule has 0 spiro atoms. The number of hydrogen-bond acceptors (Lipinski definition) is 2. The molecule has 0 aromatic carbocycles. The van der Waals surface area contributed by atoms with Crippen LogP contribution in [0.3, 0.4) is 0 Å². The van der Waals surface area contributed by atoms with Gasteiger partial charge in [-0.1, -0.05) is 13.8 Å². The first-order valence-corrected chi connectivity index (χ1v) is 6.72. The van der Waals surface area contributed by atoms with E-state index < -0.39 is 0 Å². The average molecular weight is 210 g/mol. The Labute approximate surface area is 94.6 Å². The third-order valence-corrected chi connectivity index (χ3v) is 4.51. The van der Waals surface area contributed by atoms with Gasteiger partial charge in [0.2, 0.25) is 0 Å². The molecule has 2 heteroatoms. The summed E-state index contributed by atoms with van der Waals surface area (Å²) in [6.07, 6.45) is 7.03. The molecule has 88 valence electrons. The Balaban J connectivity index is 1.95. The molecule has 2 fully saturated rings. The third-order valence-electron chi connectivity index (χ3n) is 4.51. The highest BCUT2D eigenvalue weighted by atomic mass is 15.2. The van der Waals surface area contributed by atoms with Gasteiger partial charge in [-0.25, -0.2) is 0 Å². The fourth-order valence-corrected chi connectivity index (χ4v) is 3.57. The van der Waals surface area contributed by atoms with Gasteiger partial charge < -0.3 is 9.80 Å². The van der Waals surface area contributed by atoms with Crippen molar-refractivity contribution >= 4 is 0 Å². The van der Waals surface area contributed by atoms with Crippen molar-refractivity contribution in [3.8, 4) is 0 Å². The number of rotatable bonds is 4. The number of piperidine rings is 1. The molecule has 2 unspecified atom stereocenters. The molecule has 0 aromatic heterocycles. The molecule has 2 heterocycles. The summed E-state index contributed by atoms with van der Waals surface area (Å²) in [6.45, 7) is 7.15. The SMILES string of the molecule is CCCN(CC)C1CC2CCC(C1)N2C. The second-order valence-corrected chi connectivity index (χ2v) is 5.30. The lowest BCUT2D eigenvalue weighted by Crippen LogP contribution is -2.49. The number of fused-ring (bicyclic) bond motifs is 2. The summed E-state index contributed by atoms with van der Waals surface area (Å²) in [5, 5.41) is 0. The lowest BCUT2D eigenvalue weighted by molar-refractivity contribution is 0.0785. The third kappa shape index (κ3) is 2.21.